The number of alkyl halides is 3. The molecule has 1 N–H and O–H groups in total. The standard InChI is InChI=1S/C21H15ClF3N3OS/c1-11-6-7-14(9-17(11)22)26-19(29)18-10-16-12(2)27-28(20(16)30-18)15-5-3-4-13(8-15)21(23,24)25/h3-10H,1-2H3,(H,26,29). The van der Waals surface area contributed by atoms with Crippen molar-refractivity contribution in [1.29, 1.82) is 0 Å². The number of thiophene rings is 1. The zero-order chi connectivity index (χ0) is 21.6. The van der Waals surface area contributed by atoms with Gasteiger partial charge < -0.3 is 5.32 Å². The summed E-state index contributed by atoms with van der Waals surface area (Å²) in [6.07, 6.45) is -4.45. The fourth-order valence-electron chi connectivity index (χ4n) is 3.01. The van der Waals surface area contributed by atoms with Gasteiger partial charge in [0.2, 0.25) is 0 Å². The third-order valence-electron chi connectivity index (χ3n) is 4.62. The van der Waals surface area contributed by atoms with E-state index in [-0.39, 0.29) is 11.6 Å². The number of nitrogens with zero attached hydrogens (tertiary/aromatic N) is 2. The summed E-state index contributed by atoms with van der Waals surface area (Å²) in [5.41, 5.74) is 1.60. The van der Waals surface area contributed by atoms with Crippen molar-refractivity contribution < 1.29 is 18.0 Å². The molecule has 0 fully saturated rings. The molecule has 2 heterocycles. The van der Waals surface area contributed by atoms with Crippen molar-refractivity contribution in [1.82, 2.24) is 9.78 Å². The zero-order valence-electron chi connectivity index (χ0n) is 15.8. The summed E-state index contributed by atoms with van der Waals surface area (Å²) in [6, 6.07) is 11.9. The second-order valence-corrected chi connectivity index (χ2v) is 8.23. The largest absolute Gasteiger partial charge is 0.416 e. The molecule has 4 nitrogen and oxygen atoms in total. The van der Waals surface area contributed by atoms with E-state index in [0.717, 1.165) is 29.0 Å². The van der Waals surface area contributed by atoms with Crippen LogP contribution in [0.4, 0.5) is 18.9 Å². The molecule has 4 rings (SSSR count). The summed E-state index contributed by atoms with van der Waals surface area (Å²) in [5, 5.41) is 8.41. The van der Waals surface area contributed by atoms with Gasteiger partial charge >= 0.3 is 6.18 Å². The Hall–Kier alpha value is -2.84. The predicted octanol–water partition coefficient (Wildman–Crippen LogP) is 6.63. The Labute approximate surface area is 178 Å². The molecule has 0 bridgehead atoms. The molecule has 4 aromatic rings. The SMILES string of the molecule is Cc1ccc(NC(=O)c2cc3c(C)nn(-c4cccc(C(F)(F)F)c4)c3s2)cc1Cl. The number of anilines is 1. The smallest absolute Gasteiger partial charge is 0.321 e. The molecular weight excluding hydrogens is 435 g/mol. The minimum atomic E-state index is -4.45. The van der Waals surface area contributed by atoms with Gasteiger partial charge in [-0.15, -0.1) is 11.3 Å². The number of hydrogen-bond donors (Lipinski definition) is 1. The molecule has 2 aromatic heterocycles. The van der Waals surface area contributed by atoms with Gasteiger partial charge in [0.05, 0.1) is 21.8 Å². The number of aryl methyl sites for hydroxylation is 2. The van der Waals surface area contributed by atoms with E-state index in [0.29, 0.717) is 31.5 Å². The van der Waals surface area contributed by atoms with Gasteiger partial charge in [-0.1, -0.05) is 23.7 Å². The van der Waals surface area contributed by atoms with Crippen LogP contribution < -0.4 is 5.32 Å². The van der Waals surface area contributed by atoms with E-state index in [9.17, 15) is 18.0 Å². The lowest BCUT2D eigenvalue weighted by molar-refractivity contribution is -0.137. The summed E-state index contributed by atoms with van der Waals surface area (Å²) in [6.45, 7) is 3.61. The van der Waals surface area contributed by atoms with Gasteiger partial charge in [-0.2, -0.15) is 18.3 Å². The topological polar surface area (TPSA) is 46.9 Å². The number of halogens is 4. The van der Waals surface area contributed by atoms with E-state index in [1.54, 1.807) is 37.3 Å². The first kappa shape index (κ1) is 20.4. The van der Waals surface area contributed by atoms with Crippen LogP contribution in [0.25, 0.3) is 15.9 Å². The number of amides is 1. The highest BCUT2D eigenvalue weighted by atomic mass is 35.5. The number of fused-ring (bicyclic) bond motifs is 1. The molecule has 0 spiro atoms. The van der Waals surface area contributed by atoms with Gasteiger partial charge in [0.15, 0.2) is 0 Å². The number of hydrogen-bond acceptors (Lipinski definition) is 3. The molecule has 0 aliphatic carbocycles. The van der Waals surface area contributed by atoms with Crippen LogP contribution in [-0.4, -0.2) is 15.7 Å². The summed E-state index contributed by atoms with van der Waals surface area (Å²) < 4.78 is 40.7. The average Bonchev–Trinajstić information content (AvgIpc) is 3.25. The van der Waals surface area contributed by atoms with Crippen molar-refractivity contribution in [3.63, 3.8) is 0 Å². The third kappa shape index (κ3) is 3.80. The maximum absolute atomic E-state index is 13.1. The Kier molecular flexibility index (Phi) is 5.07. The van der Waals surface area contributed by atoms with Gasteiger partial charge in [0.1, 0.15) is 4.83 Å². The van der Waals surface area contributed by atoms with Crippen LogP contribution in [-0.2, 0) is 6.18 Å². The molecule has 0 saturated heterocycles. The molecule has 0 aliphatic rings. The maximum Gasteiger partial charge on any atom is 0.416 e. The molecule has 2 aromatic carbocycles. The minimum Gasteiger partial charge on any atom is -0.321 e. The summed E-state index contributed by atoms with van der Waals surface area (Å²) in [7, 11) is 0. The zero-order valence-corrected chi connectivity index (χ0v) is 17.4. The van der Waals surface area contributed by atoms with E-state index in [4.69, 9.17) is 11.6 Å². The van der Waals surface area contributed by atoms with Crippen LogP contribution >= 0.6 is 22.9 Å². The number of carbonyl (C=O) groups excluding carboxylic acids is 1. The predicted molar refractivity (Wildman–Crippen MR) is 113 cm³/mol. The minimum absolute atomic E-state index is 0.280. The molecule has 1 amide bonds. The monoisotopic (exact) mass is 449 g/mol. The number of nitrogens with one attached hydrogen (secondary N) is 1. The first-order chi connectivity index (χ1) is 14.1. The van der Waals surface area contributed by atoms with Crippen molar-refractivity contribution in [3.05, 3.63) is 75.3 Å². The molecule has 0 radical (unpaired) electrons. The lowest BCUT2D eigenvalue weighted by Gasteiger charge is -2.09. The van der Waals surface area contributed by atoms with Crippen molar-refractivity contribution in [2.45, 2.75) is 20.0 Å². The number of aromatic nitrogens is 2. The number of carbonyl (C=O) groups is 1. The Morgan fingerprint density at radius 3 is 2.60 bits per heavy atom. The van der Waals surface area contributed by atoms with Crippen LogP contribution in [0.5, 0.6) is 0 Å². The Balaban J connectivity index is 1.70. The first-order valence-electron chi connectivity index (χ1n) is 8.88. The molecule has 0 aliphatic heterocycles. The lowest BCUT2D eigenvalue weighted by Crippen LogP contribution is -2.10. The van der Waals surface area contributed by atoms with Gasteiger partial charge in [-0.3, -0.25) is 4.79 Å². The first-order valence-corrected chi connectivity index (χ1v) is 10.1. The van der Waals surface area contributed by atoms with Crippen molar-refractivity contribution in [3.8, 4) is 5.69 Å². The fourth-order valence-corrected chi connectivity index (χ4v) is 4.27. The van der Waals surface area contributed by atoms with Crippen molar-refractivity contribution in [2.24, 2.45) is 0 Å². The average molecular weight is 450 g/mol. The van der Waals surface area contributed by atoms with Gasteiger partial charge in [0, 0.05) is 16.1 Å². The highest BCUT2D eigenvalue weighted by Gasteiger charge is 2.31. The third-order valence-corrected chi connectivity index (χ3v) is 6.13. The molecule has 0 saturated carbocycles. The van der Waals surface area contributed by atoms with E-state index in [1.165, 1.54) is 10.7 Å². The molecular formula is C21H15ClF3N3OS. The number of benzene rings is 2. The normalized spacial score (nSPS) is 11.8. The Morgan fingerprint density at radius 2 is 1.90 bits per heavy atom. The highest BCUT2D eigenvalue weighted by molar-refractivity contribution is 7.20. The van der Waals surface area contributed by atoms with Crippen LogP contribution in [0, 0.1) is 13.8 Å². The second-order valence-electron chi connectivity index (χ2n) is 6.79. The second kappa shape index (κ2) is 7.45. The van der Waals surface area contributed by atoms with E-state index < -0.39 is 11.7 Å². The van der Waals surface area contributed by atoms with Crippen LogP contribution in [0.3, 0.4) is 0 Å². The van der Waals surface area contributed by atoms with Gasteiger partial charge in [-0.25, -0.2) is 4.68 Å². The Bertz CT molecular complexity index is 1280. The summed E-state index contributed by atoms with van der Waals surface area (Å²) in [5.74, 6) is -0.328. The van der Waals surface area contributed by atoms with Crippen LogP contribution in [0.15, 0.2) is 48.5 Å². The molecule has 0 unspecified atom stereocenters. The van der Waals surface area contributed by atoms with E-state index in [2.05, 4.69) is 10.4 Å². The summed E-state index contributed by atoms with van der Waals surface area (Å²) >= 11 is 7.27. The number of rotatable bonds is 3. The van der Waals surface area contributed by atoms with Gasteiger partial charge in [0.25, 0.3) is 5.91 Å². The van der Waals surface area contributed by atoms with E-state index in [1.807, 2.05) is 6.92 Å². The lowest BCUT2D eigenvalue weighted by atomic mass is 10.2. The van der Waals surface area contributed by atoms with Gasteiger partial charge in [-0.05, 0) is 55.8 Å². The van der Waals surface area contributed by atoms with Crippen LogP contribution in [0.2, 0.25) is 5.02 Å². The highest BCUT2D eigenvalue weighted by Crippen LogP contribution is 2.34. The molecule has 154 valence electrons. The summed E-state index contributed by atoms with van der Waals surface area (Å²) in [4.78, 5) is 13.7. The van der Waals surface area contributed by atoms with E-state index >= 15 is 0 Å². The Morgan fingerprint density at radius 1 is 1.13 bits per heavy atom. The molecule has 9 heteroatoms. The maximum atomic E-state index is 13.1. The van der Waals surface area contributed by atoms with Crippen molar-refractivity contribution >= 4 is 44.7 Å². The fraction of sp³-hybridized carbons (Fsp3) is 0.143. The quantitative estimate of drug-likeness (QED) is 0.381. The molecule has 30 heavy (non-hydrogen) atoms. The van der Waals surface area contributed by atoms with Crippen LogP contribution in [0.1, 0.15) is 26.5 Å². The van der Waals surface area contributed by atoms with Crippen molar-refractivity contribution in [2.75, 3.05) is 5.32 Å². The molecule has 0 atom stereocenters.